The van der Waals surface area contributed by atoms with Crippen molar-refractivity contribution in [3.05, 3.63) is 46.4 Å². The van der Waals surface area contributed by atoms with Crippen LogP contribution in [0.15, 0.2) is 29.5 Å². The number of nitrogens with one attached hydrogen (secondary N) is 1. The number of allylic oxidation sites excluding steroid dienone is 2. The summed E-state index contributed by atoms with van der Waals surface area (Å²) in [7, 11) is 1.33. The summed E-state index contributed by atoms with van der Waals surface area (Å²) >= 11 is 0. The number of aliphatic carboxylic acids is 1. The van der Waals surface area contributed by atoms with Gasteiger partial charge >= 0.3 is 6.18 Å². The molecule has 9 heteroatoms. The van der Waals surface area contributed by atoms with E-state index < -0.39 is 52.4 Å². The summed E-state index contributed by atoms with van der Waals surface area (Å²) in [6.07, 6.45) is -4.96. The minimum absolute atomic E-state index is 0.152. The van der Waals surface area contributed by atoms with Gasteiger partial charge in [0.05, 0.1) is 35.8 Å². The SMILES string of the molecule is COCC1NC(C)=C(C#N)C(c2ccc(F)cc2C(F)(F)F)C1(C(=O)[O-])C(C)C. The van der Waals surface area contributed by atoms with Crippen molar-refractivity contribution in [1.82, 2.24) is 5.32 Å². The predicted molar refractivity (Wildman–Crippen MR) is 93.5 cm³/mol. The van der Waals surface area contributed by atoms with E-state index in [4.69, 9.17) is 4.74 Å². The van der Waals surface area contributed by atoms with Gasteiger partial charge in [-0.15, -0.1) is 0 Å². The second-order valence-corrected chi connectivity index (χ2v) is 7.34. The lowest BCUT2D eigenvalue weighted by molar-refractivity contribution is -0.325. The Kier molecular flexibility index (Phi) is 6.28. The van der Waals surface area contributed by atoms with Crippen molar-refractivity contribution in [2.45, 2.75) is 38.9 Å². The predicted octanol–water partition coefficient (Wildman–Crippen LogP) is 2.74. The lowest BCUT2D eigenvalue weighted by Gasteiger charge is -2.53. The Morgan fingerprint density at radius 2 is 2.03 bits per heavy atom. The lowest BCUT2D eigenvalue weighted by Crippen LogP contribution is -2.64. The van der Waals surface area contributed by atoms with Crippen LogP contribution < -0.4 is 10.4 Å². The van der Waals surface area contributed by atoms with Crippen LogP contribution >= 0.6 is 0 Å². The fourth-order valence-electron chi connectivity index (χ4n) is 4.28. The number of rotatable bonds is 5. The Morgan fingerprint density at radius 1 is 1.41 bits per heavy atom. The van der Waals surface area contributed by atoms with Crippen LogP contribution in [-0.2, 0) is 15.7 Å². The smallest absolute Gasteiger partial charge is 0.416 e. The number of halogens is 4. The fourth-order valence-corrected chi connectivity index (χ4v) is 4.28. The lowest BCUT2D eigenvalue weighted by atomic mass is 9.56. The van der Waals surface area contributed by atoms with Crippen LogP contribution in [0.1, 0.15) is 37.8 Å². The second kappa shape index (κ2) is 8.03. The Labute approximate surface area is 166 Å². The van der Waals surface area contributed by atoms with Crippen LogP contribution in [0.5, 0.6) is 0 Å². The molecule has 0 radical (unpaired) electrons. The van der Waals surface area contributed by atoms with Crippen molar-refractivity contribution in [2.75, 3.05) is 13.7 Å². The molecule has 1 N–H and O–H groups in total. The van der Waals surface area contributed by atoms with E-state index in [0.717, 1.165) is 12.1 Å². The molecule has 0 saturated carbocycles. The first-order chi connectivity index (χ1) is 13.4. The number of nitrogens with zero attached hydrogens (tertiary/aromatic N) is 1. The van der Waals surface area contributed by atoms with E-state index in [2.05, 4.69) is 5.32 Å². The molecule has 2 rings (SSSR count). The third-order valence-electron chi connectivity index (χ3n) is 5.53. The minimum Gasteiger partial charge on any atom is -0.549 e. The first-order valence-corrected chi connectivity index (χ1v) is 8.87. The van der Waals surface area contributed by atoms with E-state index in [1.807, 2.05) is 6.07 Å². The number of carbonyl (C=O) groups is 1. The number of carbonyl (C=O) groups excluding carboxylic acids is 1. The standard InChI is InChI=1S/C20H22F4N2O3/c1-10(2)19(18(27)28)16(9-29-4)26-11(3)14(8-25)17(19)13-6-5-12(21)7-15(13)20(22,23)24/h5-7,10,16-17,26H,9H2,1-4H3,(H,27,28)/p-1. The number of benzene rings is 1. The monoisotopic (exact) mass is 413 g/mol. The highest BCUT2D eigenvalue weighted by Gasteiger charge is 2.56. The van der Waals surface area contributed by atoms with E-state index in [9.17, 15) is 32.7 Å². The summed E-state index contributed by atoms with van der Waals surface area (Å²) < 4.78 is 60.0. The summed E-state index contributed by atoms with van der Waals surface area (Å²) in [6.45, 7) is 4.38. The van der Waals surface area contributed by atoms with E-state index in [1.165, 1.54) is 27.9 Å². The Morgan fingerprint density at radius 3 is 2.48 bits per heavy atom. The van der Waals surface area contributed by atoms with Crippen LogP contribution in [0.4, 0.5) is 17.6 Å². The number of nitriles is 1. The molecular formula is C20H21F4N2O3-. The molecule has 1 aromatic rings. The number of hydrogen-bond acceptors (Lipinski definition) is 5. The van der Waals surface area contributed by atoms with Crippen molar-refractivity contribution < 1.29 is 32.2 Å². The normalized spacial score (nSPS) is 25.0. The number of alkyl halides is 3. The molecule has 5 nitrogen and oxygen atoms in total. The van der Waals surface area contributed by atoms with Crippen molar-refractivity contribution in [1.29, 1.82) is 5.26 Å². The third kappa shape index (κ3) is 3.69. The maximum absolute atomic E-state index is 13.7. The Balaban J connectivity index is 2.99. The molecular weight excluding hydrogens is 392 g/mol. The topological polar surface area (TPSA) is 85.2 Å². The fraction of sp³-hybridized carbons (Fsp3) is 0.500. The average Bonchev–Trinajstić information content (AvgIpc) is 2.60. The van der Waals surface area contributed by atoms with Gasteiger partial charge in [-0.3, -0.25) is 0 Å². The highest BCUT2D eigenvalue weighted by atomic mass is 19.4. The average molecular weight is 413 g/mol. The zero-order valence-electron chi connectivity index (χ0n) is 16.4. The van der Waals surface area contributed by atoms with Gasteiger partial charge in [0, 0.05) is 24.1 Å². The highest BCUT2D eigenvalue weighted by Crippen LogP contribution is 2.54. The minimum atomic E-state index is -4.96. The molecule has 3 atom stereocenters. The van der Waals surface area contributed by atoms with Crippen LogP contribution in [0.25, 0.3) is 0 Å². The van der Waals surface area contributed by atoms with Gasteiger partial charge in [-0.2, -0.15) is 18.4 Å². The van der Waals surface area contributed by atoms with E-state index in [0.29, 0.717) is 6.07 Å². The summed E-state index contributed by atoms with van der Waals surface area (Å²) in [4.78, 5) is 12.5. The molecule has 0 amide bonds. The molecule has 1 aromatic carbocycles. The van der Waals surface area contributed by atoms with Gasteiger partial charge in [0.2, 0.25) is 0 Å². The largest absolute Gasteiger partial charge is 0.549 e. The Bertz CT molecular complexity index is 873. The zero-order valence-corrected chi connectivity index (χ0v) is 16.4. The zero-order chi connectivity index (χ0) is 22.1. The van der Waals surface area contributed by atoms with Crippen molar-refractivity contribution in [3.8, 4) is 6.07 Å². The highest BCUT2D eigenvalue weighted by molar-refractivity contribution is 5.78. The first kappa shape index (κ1) is 22.7. The van der Waals surface area contributed by atoms with Gasteiger partial charge in [0.25, 0.3) is 0 Å². The molecule has 0 bridgehead atoms. The van der Waals surface area contributed by atoms with E-state index in [-0.39, 0.29) is 17.9 Å². The van der Waals surface area contributed by atoms with Crippen LogP contribution in [0, 0.1) is 28.5 Å². The van der Waals surface area contributed by atoms with Gasteiger partial charge in [0.1, 0.15) is 5.82 Å². The molecule has 1 aliphatic rings. The molecule has 158 valence electrons. The molecule has 0 saturated heterocycles. The van der Waals surface area contributed by atoms with Gasteiger partial charge in [0.15, 0.2) is 0 Å². The summed E-state index contributed by atoms with van der Waals surface area (Å²) in [6, 6.07) is 2.89. The number of carboxylic acids is 1. The van der Waals surface area contributed by atoms with Gasteiger partial charge in [-0.05, 0) is 30.5 Å². The van der Waals surface area contributed by atoms with Crippen molar-refractivity contribution >= 4 is 5.97 Å². The van der Waals surface area contributed by atoms with Gasteiger partial charge in [-0.25, -0.2) is 4.39 Å². The van der Waals surface area contributed by atoms with Crippen molar-refractivity contribution in [2.24, 2.45) is 11.3 Å². The van der Waals surface area contributed by atoms with Gasteiger partial charge < -0.3 is 20.0 Å². The Hall–Kier alpha value is -2.60. The maximum Gasteiger partial charge on any atom is 0.416 e. The summed E-state index contributed by atoms with van der Waals surface area (Å²) in [5.74, 6) is -5.01. The van der Waals surface area contributed by atoms with Crippen molar-refractivity contribution in [3.63, 3.8) is 0 Å². The number of methoxy groups -OCH3 is 1. The van der Waals surface area contributed by atoms with E-state index >= 15 is 0 Å². The molecule has 0 aliphatic carbocycles. The first-order valence-electron chi connectivity index (χ1n) is 8.87. The quantitative estimate of drug-likeness (QED) is 0.751. The number of carboxylic acid groups (broad SMARTS) is 1. The molecule has 0 fully saturated rings. The summed E-state index contributed by atoms with van der Waals surface area (Å²) in [5.41, 5.74) is -3.72. The second-order valence-electron chi connectivity index (χ2n) is 7.34. The van der Waals surface area contributed by atoms with E-state index in [1.54, 1.807) is 0 Å². The molecule has 0 spiro atoms. The maximum atomic E-state index is 13.7. The molecule has 29 heavy (non-hydrogen) atoms. The molecule has 1 heterocycles. The summed E-state index contributed by atoms with van der Waals surface area (Å²) in [5, 5.41) is 25.1. The van der Waals surface area contributed by atoms with Crippen LogP contribution in [-0.4, -0.2) is 25.7 Å². The van der Waals surface area contributed by atoms with Gasteiger partial charge in [-0.1, -0.05) is 19.9 Å². The third-order valence-corrected chi connectivity index (χ3v) is 5.53. The molecule has 3 unspecified atom stereocenters. The number of ether oxygens (including phenoxy) is 1. The number of hydrogen-bond donors (Lipinski definition) is 1. The molecule has 1 aliphatic heterocycles. The van der Waals surface area contributed by atoms with Crippen LogP contribution in [0.2, 0.25) is 0 Å². The molecule has 0 aromatic heterocycles. The van der Waals surface area contributed by atoms with Crippen LogP contribution in [0.3, 0.4) is 0 Å².